The van der Waals surface area contributed by atoms with Crippen LogP contribution in [0.2, 0.25) is 0 Å². The quantitative estimate of drug-likeness (QED) is 0.697. The fourth-order valence-electron chi connectivity index (χ4n) is 1.14. The SMILES string of the molecule is CCOC(=O)C(C)(C)Oc1ccc([211At])cc1. The average Bonchev–Trinajstić information content (AvgIpc) is 2.21. The molecule has 0 bridgehead atoms. The Morgan fingerprint density at radius 3 is 2.38 bits per heavy atom. The molecule has 3 nitrogen and oxygen atoms in total. The minimum atomic E-state index is -0.949. The van der Waals surface area contributed by atoms with E-state index in [9.17, 15) is 4.79 Å². The molecule has 0 aromatic heterocycles. The van der Waals surface area contributed by atoms with Crippen molar-refractivity contribution >= 4 is 9.24 Å². The molecule has 0 amide bonds. The molecule has 0 atom stereocenters. The molecule has 0 aliphatic rings. The molecular formula is C12H15AtO3. The summed E-state index contributed by atoms with van der Waals surface area (Å²) in [4.78, 5) is 11.6. The van der Waals surface area contributed by atoms with E-state index in [0.29, 0.717) is 12.4 Å². The van der Waals surface area contributed by atoms with Crippen LogP contribution in [0, 0.1) is 24.7 Å². The fraction of sp³-hybridized carbons (Fsp3) is 0.417. The van der Waals surface area contributed by atoms with Gasteiger partial charge in [0.1, 0.15) is 0 Å². The normalized spacial score (nSPS) is 11.0. The first-order chi connectivity index (χ1) is 7.45. The molecule has 88 valence electrons. The van der Waals surface area contributed by atoms with Crippen LogP contribution in [-0.4, -0.2) is 18.2 Å². The summed E-state index contributed by atoms with van der Waals surface area (Å²) >= 11 is 1.61. The molecule has 0 saturated carbocycles. The summed E-state index contributed by atoms with van der Waals surface area (Å²) in [6, 6.07) is 7.65. The summed E-state index contributed by atoms with van der Waals surface area (Å²) in [5.74, 6) is 0.331. The van der Waals surface area contributed by atoms with E-state index >= 15 is 0 Å². The van der Waals surface area contributed by atoms with Crippen LogP contribution < -0.4 is 8.01 Å². The molecule has 0 N–H and O–H groups in total. The van der Waals surface area contributed by atoms with Gasteiger partial charge in [0, 0.05) is 0 Å². The molecule has 1 aromatic carbocycles. The first-order valence-electron chi connectivity index (χ1n) is 5.07. The van der Waals surface area contributed by atoms with Crippen molar-refractivity contribution in [1.82, 2.24) is 0 Å². The van der Waals surface area contributed by atoms with Gasteiger partial charge in [-0.05, 0) is 0 Å². The van der Waals surface area contributed by atoms with Gasteiger partial charge in [-0.1, -0.05) is 0 Å². The molecule has 1 aromatic rings. The third-order valence-electron chi connectivity index (χ3n) is 1.95. The maximum atomic E-state index is 11.6. The molecule has 4 heteroatoms. The molecule has 0 spiro atoms. The molecule has 0 heterocycles. The summed E-state index contributed by atoms with van der Waals surface area (Å²) in [5, 5.41) is 0. The molecule has 16 heavy (non-hydrogen) atoms. The van der Waals surface area contributed by atoms with E-state index in [-0.39, 0.29) is 5.97 Å². The Balaban J connectivity index is 2.72. The van der Waals surface area contributed by atoms with Crippen molar-refractivity contribution < 1.29 is 39.0 Å². The second-order valence-corrected chi connectivity index (χ2v) is 5.48. The number of hydrogen-bond donors (Lipinski definition) is 0. The summed E-state index contributed by atoms with van der Waals surface area (Å²) in [6.07, 6.45) is 0. The van der Waals surface area contributed by atoms with Gasteiger partial charge < -0.3 is 0 Å². The number of benzene rings is 1. The zero-order valence-corrected chi connectivity index (χ0v) is 12.6. The van der Waals surface area contributed by atoms with E-state index in [0.717, 1.165) is 0 Å². The number of carbonyl (C=O) groups excluding carboxylic acids is 1. The van der Waals surface area contributed by atoms with Crippen molar-refractivity contribution in [3.05, 3.63) is 24.3 Å². The van der Waals surface area contributed by atoms with Crippen LogP contribution in [-0.2, 0) is 9.53 Å². The van der Waals surface area contributed by atoms with Crippen molar-refractivity contribution in [3.8, 4) is 5.75 Å². The van der Waals surface area contributed by atoms with Crippen molar-refractivity contribution in [2.45, 2.75) is 26.4 Å². The van der Waals surface area contributed by atoms with E-state index in [1.807, 2.05) is 24.3 Å². The average molecular weight is 418 g/mol. The Kier molecular flexibility index (Phi) is 4.73. The zero-order chi connectivity index (χ0) is 12.2. The summed E-state index contributed by atoms with van der Waals surface area (Å²) in [6.45, 7) is 5.55. The second kappa shape index (κ2) is 5.63. The van der Waals surface area contributed by atoms with E-state index < -0.39 is 5.60 Å². The van der Waals surface area contributed by atoms with E-state index in [2.05, 4.69) is 0 Å². The summed E-state index contributed by atoms with van der Waals surface area (Å²) in [7, 11) is 0. The Bertz CT molecular complexity index is 357. The van der Waals surface area contributed by atoms with Gasteiger partial charge in [-0.3, -0.25) is 0 Å². The predicted octanol–water partition coefficient (Wildman–Crippen LogP) is 1.58. The van der Waals surface area contributed by atoms with Crippen LogP contribution in [0.3, 0.4) is 0 Å². The molecule has 0 radical (unpaired) electrons. The Morgan fingerprint density at radius 2 is 1.88 bits per heavy atom. The van der Waals surface area contributed by atoms with Gasteiger partial charge >= 0.3 is 111 Å². The van der Waals surface area contributed by atoms with Crippen LogP contribution in [0.25, 0.3) is 0 Å². The molecule has 1 rings (SSSR count). The predicted molar refractivity (Wildman–Crippen MR) is 57.4 cm³/mol. The van der Waals surface area contributed by atoms with E-state index in [4.69, 9.17) is 9.47 Å². The molecule has 0 fully saturated rings. The monoisotopic (exact) mass is 418 g/mol. The third kappa shape index (κ3) is 3.75. The van der Waals surface area contributed by atoms with Crippen LogP contribution >= 0.6 is 0 Å². The summed E-state index contributed by atoms with van der Waals surface area (Å²) in [5.41, 5.74) is -0.949. The first kappa shape index (κ1) is 13.4. The molecule has 0 aliphatic carbocycles. The molecule has 0 saturated heterocycles. The van der Waals surface area contributed by atoms with Crippen LogP contribution in [0.15, 0.2) is 24.3 Å². The van der Waals surface area contributed by atoms with Crippen molar-refractivity contribution in [3.63, 3.8) is 0 Å². The topological polar surface area (TPSA) is 35.5 Å². The van der Waals surface area contributed by atoms with Crippen molar-refractivity contribution in [2.75, 3.05) is 6.61 Å². The van der Waals surface area contributed by atoms with Crippen LogP contribution in [0.4, 0.5) is 0 Å². The minimum absolute atomic E-state index is 0.348. The van der Waals surface area contributed by atoms with Gasteiger partial charge in [-0.25, -0.2) is 0 Å². The molecule has 0 unspecified atom stereocenters. The van der Waals surface area contributed by atoms with Gasteiger partial charge in [-0.15, -0.1) is 0 Å². The second-order valence-electron chi connectivity index (χ2n) is 3.79. The third-order valence-corrected chi connectivity index (χ3v) is 2.93. The van der Waals surface area contributed by atoms with E-state index in [1.165, 1.54) is 3.27 Å². The summed E-state index contributed by atoms with van der Waals surface area (Å²) < 4.78 is 11.8. The van der Waals surface area contributed by atoms with Crippen molar-refractivity contribution in [2.24, 2.45) is 0 Å². The van der Waals surface area contributed by atoms with Crippen LogP contribution in [0.5, 0.6) is 5.75 Å². The number of hydrogen-bond acceptors (Lipinski definition) is 3. The number of esters is 1. The van der Waals surface area contributed by atoms with Gasteiger partial charge in [0.25, 0.3) is 0 Å². The number of ether oxygens (including phenoxy) is 2. The van der Waals surface area contributed by atoms with Crippen LogP contribution in [0.1, 0.15) is 20.8 Å². The Hall–Kier alpha value is -0.627. The zero-order valence-electron chi connectivity index (χ0n) is 9.62. The number of rotatable bonds is 4. The first-order valence-corrected chi connectivity index (χ1v) is 6.54. The van der Waals surface area contributed by atoms with E-state index in [1.54, 1.807) is 45.5 Å². The Labute approximate surface area is 111 Å². The van der Waals surface area contributed by atoms with Gasteiger partial charge in [-0.2, -0.15) is 0 Å². The van der Waals surface area contributed by atoms with Gasteiger partial charge in [0.05, 0.1) is 0 Å². The molecular weight excluding hydrogens is 403 g/mol. The fourth-order valence-corrected chi connectivity index (χ4v) is 1.63. The number of carbonyl (C=O) groups is 1. The van der Waals surface area contributed by atoms with Gasteiger partial charge in [0.2, 0.25) is 0 Å². The standard InChI is InChI=1S/C12H15AtO3/c1-4-15-11(14)12(2,3)16-10-7-5-9(13)6-8-10/h5-8H,4H2,1-3H3/i13+1. The maximum absolute atomic E-state index is 11.6. The Morgan fingerprint density at radius 1 is 1.31 bits per heavy atom. The molecule has 0 aliphatic heterocycles. The van der Waals surface area contributed by atoms with Crippen molar-refractivity contribution in [1.29, 1.82) is 0 Å². The van der Waals surface area contributed by atoms with Gasteiger partial charge in [0.15, 0.2) is 0 Å².